The lowest BCUT2D eigenvalue weighted by molar-refractivity contribution is 0.0977. The van der Waals surface area contributed by atoms with Gasteiger partial charge in [-0.1, -0.05) is 36.8 Å². The van der Waals surface area contributed by atoms with Gasteiger partial charge in [-0.05, 0) is 80.0 Å². The lowest BCUT2D eigenvalue weighted by atomic mass is 10.1. The molecule has 2 N–H and O–H groups in total. The summed E-state index contributed by atoms with van der Waals surface area (Å²) in [5.41, 5.74) is 6.98. The van der Waals surface area contributed by atoms with E-state index in [-0.39, 0.29) is 11.0 Å². The van der Waals surface area contributed by atoms with E-state index in [1.165, 1.54) is 5.56 Å². The quantitative estimate of drug-likeness (QED) is 0.401. The molecule has 4 aromatic rings. The van der Waals surface area contributed by atoms with Gasteiger partial charge in [0.15, 0.2) is 10.7 Å². The van der Waals surface area contributed by atoms with E-state index in [4.69, 9.17) is 16.6 Å². The van der Waals surface area contributed by atoms with Crippen LogP contribution < -0.4 is 10.6 Å². The van der Waals surface area contributed by atoms with Gasteiger partial charge in [-0.15, -0.1) is 0 Å². The number of hydrogen-bond acceptors (Lipinski definition) is 4. The molecule has 6 heteroatoms. The van der Waals surface area contributed by atoms with E-state index in [0.29, 0.717) is 11.5 Å². The minimum Gasteiger partial charge on any atom is -0.436 e. The van der Waals surface area contributed by atoms with Crippen molar-refractivity contribution in [3.63, 3.8) is 0 Å². The molecule has 0 unspecified atom stereocenters. The molecule has 4 rings (SSSR count). The molecule has 0 aliphatic heterocycles. The summed E-state index contributed by atoms with van der Waals surface area (Å²) in [5, 5.41) is 6.09. The predicted molar refractivity (Wildman–Crippen MR) is 128 cm³/mol. The Bertz CT molecular complexity index is 1290. The number of nitrogens with one attached hydrogen (secondary N) is 2. The summed E-state index contributed by atoms with van der Waals surface area (Å²) in [6, 6.07) is 19.3. The third-order valence-corrected chi connectivity index (χ3v) is 5.30. The lowest BCUT2D eigenvalue weighted by Gasteiger charge is -2.13. The molecule has 31 heavy (non-hydrogen) atoms. The van der Waals surface area contributed by atoms with Crippen molar-refractivity contribution in [2.75, 3.05) is 5.32 Å². The second-order valence-electron chi connectivity index (χ2n) is 7.48. The van der Waals surface area contributed by atoms with Crippen LogP contribution in [0.3, 0.4) is 0 Å². The first-order valence-corrected chi connectivity index (χ1v) is 10.5. The van der Waals surface area contributed by atoms with E-state index in [1.54, 1.807) is 6.07 Å². The summed E-state index contributed by atoms with van der Waals surface area (Å²) in [6.45, 7) is 6.02. The van der Waals surface area contributed by atoms with E-state index < -0.39 is 0 Å². The molecule has 156 valence electrons. The van der Waals surface area contributed by atoms with Gasteiger partial charge in [-0.3, -0.25) is 10.1 Å². The zero-order chi connectivity index (χ0) is 22.0. The van der Waals surface area contributed by atoms with Crippen molar-refractivity contribution < 1.29 is 9.21 Å². The first-order chi connectivity index (χ1) is 14.9. The van der Waals surface area contributed by atoms with E-state index in [1.807, 2.05) is 62.4 Å². The first-order valence-electron chi connectivity index (χ1n) is 10.1. The molecule has 3 aromatic carbocycles. The van der Waals surface area contributed by atoms with Gasteiger partial charge in [-0.2, -0.15) is 0 Å². The molecule has 1 amide bonds. The SMILES string of the molecule is CCc1ccc2oc(-c3ccc(C)c(NC(=S)NC(=O)c4cccc(C)c4)c3)nc2c1. The molecule has 0 saturated carbocycles. The molecule has 0 aliphatic rings. The Balaban J connectivity index is 1.54. The van der Waals surface area contributed by atoms with Gasteiger partial charge in [0.1, 0.15) is 5.52 Å². The van der Waals surface area contributed by atoms with Gasteiger partial charge in [0.25, 0.3) is 5.91 Å². The number of carbonyl (C=O) groups excluding carboxylic acids is 1. The highest BCUT2D eigenvalue weighted by Gasteiger charge is 2.13. The average molecular weight is 430 g/mol. The smallest absolute Gasteiger partial charge is 0.257 e. The molecular formula is C25H23N3O2S. The summed E-state index contributed by atoms with van der Waals surface area (Å²) in [4.78, 5) is 17.1. The number of rotatable bonds is 4. The van der Waals surface area contributed by atoms with E-state index in [9.17, 15) is 4.79 Å². The van der Waals surface area contributed by atoms with Crippen LogP contribution >= 0.6 is 12.2 Å². The number of amides is 1. The number of carbonyl (C=O) groups is 1. The zero-order valence-corrected chi connectivity index (χ0v) is 18.5. The average Bonchev–Trinajstić information content (AvgIpc) is 3.18. The Morgan fingerprint density at radius 3 is 2.68 bits per heavy atom. The molecule has 0 fully saturated rings. The third-order valence-electron chi connectivity index (χ3n) is 5.10. The number of anilines is 1. The summed E-state index contributed by atoms with van der Waals surface area (Å²) in [6.07, 6.45) is 0.947. The van der Waals surface area contributed by atoms with Crippen molar-refractivity contribution in [3.8, 4) is 11.5 Å². The second kappa shape index (κ2) is 8.70. The molecule has 0 radical (unpaired) electrons. The van der Waals surface area contributed by atoms with E-state index in [0.717, 1.165) is 39.9 Å². The van der Waals surface area contributed by atoms with Gasteiger partial charge >= 0.3 is 0 Å². The van der Waals surface area contributed by atoms with Crippen LogP contribution in [0.1, 0.15) is 34.0 Å². The van der Waals surface area contributed by atoms with Crippen molar-refractivity contribution >= 4 is 40.0 Å². The molecule has 5 nitrogen and oxygen atoms in total. The van der Waals surface area contributed by atoms with E-state index >= 15 is 0 Å². The largest absolute Gasteiger partial charge is 0.436 e. The number of aryl methyl sites for hydroxylation is 3. The fourth-order valence-electron chi connectivity index (χ4n) is 3.32. The van der Waals surface area contributed by atoms with Crippen LogP contribution in [0.4, 0.5) is 5.69 Å². The molecule has 0 saturated heterocycles. The zero-order valence-electron chi connectivity index (χ0n) is 17.7. The number of fused-ring (bicyclic) bond motifs is 1. The molecule has 0 atom stereocenters. The van der Waals surface area contributed by atoms with Gasteiger partial charge in [0.05, 0.1) is 0 Å². The second-order valence-corrected chi connectivity index (χ2v) is 7.89. The summed E-state index contributed by atoms with van der Waals surface area (Å²) >= 11 is 5.36. The van der Waals surface area contributed by atoms with Crippen molar-refractivity contribution in [1.82, 2.24) is 10.3 Å². The van der Waals surface area contributed by atoms with Crippen LogP contribution in [-0.4, -0.2) is 16.0 Å². The number of oxazole rings is 1. The van der Waals surface area contributed by atoms with Crippen LogP contribution in [0.5, 0.6) is 0 Å². The fraction of sp³-hybridized carbons (Fsp3) is 0.160. The summed E-state index contributed by atoms with van der Waals surface area (Å²) in [7, 11) is 0. The highest BCUT2D eigenvalue weighted by molar-refractivity contribution is 7.80. The van der Waals surface area contributed by atoms with Crippen LogP contribution in [0.15, 0.2) is 65.1 Å². The number of thiocarbonyl (C=S) groups is 1. The third kappa shape index (κ3) is 4.64. The Labute approximate surface area is 186 Å². The summed E-state index contributed by atoms with van der Waals surface area (Å²) in [5.74, 6) is 0.293. The highest BCUT2D eigenvalue weighted by Crippen LogP contribution is 2.28. The van der Waals surface area contributed by atoms with Crippen molar-refractivity contribution in [2.24, 2.45) is 0 Å². The minimum atomic E-state index is -0.249. The predicted octanol–water partition coefficient (Wildman–Crippen LogP) is 5.80. The number of aromatic nitrogens is 1. The van der Waals surface area contributed by atoms with Crippen LogP contribution in [-0.2, 0) is 6.42 Å². The monoisotopic (exact) mass is 429 g/mol. The number of nitrogens with zero attached hydrogens (tertiary/aromatic N) is 1. The topological polar surface area (TPSA) is 67.2 Å². The van der Waals surface area contributed by atoms with Crippen LogP contribution in [0.25, 0.3) is 22.6 Å². The Hall–Kier alpha value is -3.51. The minimum absolute atomic E-state index is 0.233. The van der Waals surface area contributed by atoms with Crippen molar-refractivity contribution in [2.45, 2.75) is 27.2 Å². The van der Waals surface area contributed by atoms with Crippen LogP contribution in [0.2, 0.25) is 0 Å². The molecule has 0 aliphatic carbocycles. The van der Waals surface area contributed by atoms with Crippen molar-refractivity contribution in [1.29, 1.82) is 0 Å². The highest BCUT2D eigenvalue weighted by atomic mass is 32.1. The molecule has 1 heterocycles. The fourth-order valence-corrected chi connectivity index (χ4v) is 3.52. The summed E-state index contributed by atoms with van der Waals surface area (Å²) < 4.78 is 5.95. The Morgan fingerprint density at radius 2 is 1.90 bits per heavy atom. The van der Waals surface area contributed by atoms with E-state index in [2.05, 4.69) is 28.6 Å². The van der Waals surface area contributed by atoms with Crippen LogP contribution in [0, 0.1) is 13.8 Å². The van der Waals surface area contributed by atoms with Crippen molar-refractivity contribution in [3.05, 3.63) is 82.9 Å². The maximum atomic E-state index is 12.5. The molecule has 1 aromatic heterocycles. The normalized spacial score (nSPS) is 10.8. The Kier molecular flexibility index (Phi) is 5.82. The maximum Gasteiger partial charge on any atom is 0.257 e. The number of benzene rings is 3. The maximum absolute atomic E-state index is 12.5. The standard InChI is InChI=1S/C25H23N3O2S/c1-4-17-9-11-22-21(13-17)26-24(30-22)19-10-8-16(3)20(14-19)27-25(31)28-23(29)18-7-5-6-15(2)12-18/h5-14H,4H2,1-3H3,(H2,27,28,29,31). The molecule has 0 bridgehead atoms. The molecule has 0 spiro atoms. The van der Waals surface area contributed by atoms with Gasteiger partial charge in [-0.25, -0.2) is 4.98 Å². The number of hydrogen-bond donors (Lipinski definition) is 2. The first kappa shape index (κ1) is 20.8. The van der Waals surface area contributed by atoms with Gasteiger partial charge in [0.2, 0.25) is 5.89 Å². The lowest BCUT2D eigenvalue weighted by Crippen LogP contribution is -2.34. The van der Waals surface area contributed by atoms with Gasteiger partial charge < -0.3 is 9.73 Å². The van der Waals surface area contributed by atoms with Gasteiger partial charge in [0, 0.05) is 16.8 Å². The molecular weight excluding hydrogens is 406 g/mol. The Morgan fingerprint density at radius 1 is 1.06 bits per heavy atom.